The number of nitrogens with one attached hydrogen (secondary N) is 1. The average Bonchev–Trinajstić information content (AvgIpc) is 2.51. The molecule has 2 aromatic carbocycles. The van der Waals surface area contributed by atoms with E-state index in [0.29, 0.717) is 11.1 Å². The highest BCUT2D eigenvalue weighted by Gasteiger charge is 2.22. The molecule has 2 rings (SSSR count). The lowest BCUT2D eigenvalue weighted by molar-refractivity contribution is 0.101. The largest absolute Gasteiger partial charge is 0.322 e. The van der Waals surface area contributed by atoms with Crippen molar-refractivity contribution in [3.63, 3.8) is 0 Å². The summed E-state index contributed by atoms with van der Waals surface area (Å²) in [6.07, 6.45) is 0. The van der Waals surface area contributed by atoms with Gasteiger partial charge >= 0.3 is 0 Å². The van der Waals surface area contributed by atoms with Gasteiger partial charge in [0.25, 0.3) is 5.91 Å². The van der Waals surface area contributed by atoms with Gasteiger partial charge in [-0.05, 0) is 49.2 Å². The summed E-state index contributed by atoms with van der Waals surface area (Å²) < 4.78 is 53.2. The maximum absolute atomic E-state index is 13.8. The van der Waals surface area contributed by atoms with Crippen molar-refractivity contribution in [2.75, 3.05) is 19.4 Å². The number of amides is 1. The number of sulfonamides is 1. The molecule has 1 amide bonds. The number of nitrogens with zero attached hydrogens (tertiary/aromatic N) is 1. The van der Waals surface area contributed by atoms with Crippen molar-refractivity contribution in [1.82, 2.24) is 4.31 Å². The number of halogens is 2. The molecule has 0 aliphatic rings. The number of hydrogen-bond acceptors (Lipinski definition) is 3. The Morgan fingerprint density at radius 1 is 1.08 bits per heavy atom. The first-order valence-corrected chi connectivity index (χ1v) is 8.79. The number of carbonyl (C=O) groups is 1. The Labute approximate surface area is 145 Å². The molecule has 5 nitrogen and oxygen atoms in total. The molecule has 8 heteroatoms. The van der Waals surface area contributed by atoms with Crippen molar-refractivity contribution in [1.29, 1.82) is 0 Å². The number of benzene rings is 2. The summed E-state index contributed by atoms with van der Waals surface area (Å²) >= 11 is 0. The summed E-state index contributed by atoms with van der Waals surface area (Å²) in [4.78, 5) is 12.2. The molecule has 0 saturated carbocycles. The van der Waals surface area contributed by atoms with E-state index in [1.165, 1.54) is 26.2 Å². The van der Waals surface area contributed by atoms with Gasteiger partial charge in [-0.15, -0.1) is 0 Å². The standard InChI is InChI=1S/C17H18F2N2O3S/c1-10-8-12(25(23,24)21(3)4)9-15(11(10)2)20-17(22)16-13(18)6-5-7-14(16)19/h5-9H,1-4H3,(H,20,22). The lowest BCUT2D eigenvalue weighted by Gasteiger charge is -2.16. The molecule has 0 spiro atoms. The highest BCUT2D eigenvalue weighted by Crippen LogP contribution is 2.26. The fraction of sp³-hybridized carbons (Fsp3) is 0.235. The maximum atomic E-state index is 13.8. The van der Waals surface area contributed by atoms with E-state index >= 15 is 0 Å². The lowest BCUT2D eigenvalue weighted by atomic mass is 10.1. The van der Waals surface area contributed by atoms with E-state index in [9.17, 15) is 22.0 Å². The second-order valence-electron chi connectivity index (χ2n) is 5.75. The predicted molar refractivity (Wildman–Crippen MR) is 91.1 cm³/mol. The molecule has 0 radical (unpaired) electrons. The molecule has 134 valence electrons. The Morgan fingerprint density at radius 3 is 2.16 bits per heavy atom. The van der Waals surface area contributed by atoms with Crippen LogP contribution in [0.25, 0.3) is 0 Å². The van der Waals surface area contributed by atoms with Gasteiger partial charge in [-0.1, -0.05) is 6.07 Å². The Morgan fingerprint density at radius 2 is 1.64 bits per heavy atom. The third kappa shape index (κ3) is 3.69. The smallest absolute Gasteiger partial charge is 0.261 e. The average molecular weight is 368 g/mol. The van der Waals surface area contributed by atoms with Crippen LogP contribution < -0.4 is 5.32 Å². The SMILES string of the molecule is Cc1cc(S(=O)(=O)N(C)C)cc(NC(=O)c2c(F)cccc2F)c1C. The van der Waals surface area contributed by atoms with Crippen LogP contribution in [0, 0.1) is 25.5 Å². The first-order chi connectivity index (χ1) is 11.6. The molecule has 0 bridgehead atoms. The van der Waals surface area contributed by atoms with E-state index in [4.69, 9.17) is 0 Å². The van der Waals surface area contributed by atoms with Gasteiger partial charge in [0.05, 0.1) is 4.90 Å². The van der Waals surface area contributed by atoms with Crippen molar-refractivity contribution in [2.45, 2.75) is 18.7 Å². The topological polar surface area (TPSA) is 66.5 Å². The summed E-state index contributed by atoms with van der Waals surface area (Å²) in [6, 6.07) is 5.85. The summed E-state index contributed by atoms with van der Waals surface area (Å²) in [5.74, 6) is -2.98. The van der Waals surface area contributed by atoms with Gasteiger partial charge in [0.15, 0.2) is 0 Å². The van der Waals surface area contributed by atoms with Crippen LogP contribution in [0.15, 0.2) is 35.2 Å². The molecule has 0 aliphatic carbocycles. The highest BCUT2D eigenvalue weighted by molar-refractivity contribution is 7.89. The minimum absolute atomic E-state index is 0.0232. The zero-order valence-corrected chi connectivity index (χ0v) is 15.0. The van der Waals surface area contributed by atoms with E-state index < -0.39 is 33.1 Å². The normalized spacial score (nSPS) is 11.6. The van der Waals surface area contributed by atoms with E-state index in [0.717, 1.165) is 22.5 Å². The summed E-state index contributed by atoms with van der Waals surface area (Å²) in [5, 5.41) is 2.40. The quantitative estimate of drug-likeness (QED) is 0.902. The Bertz CT molecular complexity index is 921. The fourth-order valence-electron chi connectivity index (χ4n) is 2.22. The molecule has 0 unspecified atom stereocenters. The summed E-state index contributed by atoms with van der Waals surface area (Å²) in [5.41, 5.74) is 0.670. The van der Waals surface area contributed by atoms with Crippen molar-refractivity contribution in [3.8, 4) is 0 Å². The Kier molecular flexibility index (Phi) is 5.24. The first kappa shape index (κ1) is 19.0. The van der Waals surface area contributed by atoms with Gasteiger partial charge < -0.3 is 5.32 Å². The molecular weight excluding hydrogens is 350 g/mol. The third-order valence-corrected chi connectivity index (χ3v) is 5.65. The van der Waals surface area contributed by atoms with Crippen molar-refractivity contribution < 1.29 is 22.0 Å². The zero-order chi connectivity index (χ0) is 18.9. The fourth-order valence-corrected chi connectivity index (χ4v) is 3.23. The number of aryl methyl sites for hydroxylation is 1. The molecule has 0 aromatic heterocycles. The van der Waals surface area contributed by atoms with Gasteiger partial charge in [0.1, 0.15) is 17.2 Å². The van der Waals surface area contributed by atoms with Crippen LogP contribution in [0.3, 0.4) is 0 Å². The van der Waals surface area contributed by atoms with Crippen LogP contribution >= 0.6 is 0 Å². The molecule has 0 heterocycles. The van der Waals surface area contributed by atoms with E-state index in [-0.39, 0.29) is 10.6 Å². The molecule has 0 atom stereocenters. The number of rotatable bonds is 4. The van der Waals surface area contributed by atoms with Crippen molar-refractivity contribution in [2.24, 2.45) is 0 Å². The van der Waals surface area contributed by atoms with Gasteiger partial charge in [-0.2, -0.15) is 0 Å². The monoisotopic (exact) mass is 368 g/mol. The highest BCUT2D eigenvalue weighted by atomic mass is 32.2. The zero-order valence-electron chi connectivity index (χ0n) is 14.2. The Balaban J connectivity index is 2.50. The van der Waals surface area contributed by atoms with E-state index in [2.05, 4.69) is 5.32 Å². The van der Waals surface area contributed by atoms with Crippen LogP contribution in [0.2, 0.25) is 0 Å². The predicted octanol–water partition coefficient (Wildman–Crippen LogP) is 3.08. The van der Waals surface area contributed by atoms with Gasteiger partial charge in [0, 0.05) is 19.8 Å². The number of anilines is 1. The van der Waals surface area contributed by atoms with E-state index in [1.807, 2.05) is 0 Å². The Hall–Kier alpha value is -2.32. The summed E-state index contributed by atoms with van der Waals surface area (Å²) in [6.45, 7) is 3.36. The van der Waals surface area contributed by atoms with Gasteiger partial charge in [0.2, 0.25) is 10.0 Å². The number of hydrogen-bond donors (Lipinski definition) is 1. The van der Waals surface area contributed by atoms with Crippen LogP contribution in [0.4, 0.5) is 14.5 Å². The minimum Gasteiger partial charge on any atom is -0.322 e. The van der Waals surface area contributed by atoms with Crippen LogP contribution in [0.5, 0.6) is 0 Å². The van der Waals surface area contributed by atoms with Gasteiger partial charge in [-0.25, -0.2) is 21.5 Å². The molecule has 25 heavy (non-hydrogen) atoms. The molecule has 1 N–H and O–H groups in total. The van der Waals surface area contributed by atoms with Crippen molar-refractivity contribution >= 4 is 21.6 Å². The molecule has 0 fully saturated rings. The molecule has 0 saturated heterocycles. The second kappa shape index (κ2) is 6.89. The first-order valence-electron chi connectivity index (χ1n) is 7.35. The molecule has 0 aliphatic heterocycles. The lowest BCUT2D eigenvalue weighted by Crippen LogP contribution is -2.23. The molecular formula is C17H18F2N2O3S. The number of carbonyl (C=O) groups excluding carboxylic acids is 1. The minimum atomic E-state index is -3.72. The van der Waals surface area contributed by atoms with Crippen LogP contribution in [0.1, 0.15) is 21.5 Å². The van der Waals surface area contributed by atoms with Crippen LogP contribution in [-0.4, -0.2) is 32.7 Å². The van der Waals surface area contributed by atoms with Crippen LogP contribution in [-0.2, 0) is 10.0 Å². The summed E-state index contributed by atoms with van der Waals surface area (Å²) in [7, 11) is -0.949. The maximum Gasteiger partial charge on any atom is 0.261 e. The molecule has 2 aromatic rings. The third-order valence-electron chi connectivity index (χ3n) is 3.86. The van der Waals surface area contributed by atoms with Gasteiger partial charge in [-0.3, -0.25) is 4.79 Å². The van der Waals surface area contributed by atoms with Crippen molar-refractivity contribution in [3.05, 3.63) is 58.7 Å². The van der Waals surface area contributed by atoms with E-state index in [1.54, 1.807) is 13.8 Å². The second-order valence-corrected chi connectivity index (χ2v) is 7.90.